The molecule has 3 heterocycles. The van der Waals surface area contributed by atoms with Crippen LogP contribution in [0.2, 0.25) is 0 Å². The van der Waals surface area contributed by atoms with Gasteiger partial charge in [-0.1, -0.05) is 12.1 Å². The van der Waals surface area contributed by atoms with Crippen molar-refractivity contribution >= 4 is 27.6 Å². The lowest BCUT2D eigenvalue weighted by molar-refractivity contribution is 0.388. The van der Waals surface area contributed by atoms with E-state index in [4.69, 9.17) is 14.9 Å². The first kappa shape index (κ1) is 23.2. The molecule has 2 aromatic carbocycles. The summed E-state index contributed by atoms with van der Waals surface area (Å²) in [4.78, 5) is 31.8. The third kappa shape index (κ3) is 3.43. The molecule has 0 fully saturated rings. The summed E-state index contributed by atoms with van der Waals surface area (Å²) >= 11 is 0. The number of nitrogens with one attached hydrogen (secondary N) is 1. The van der Waals surface area contributed by atoms with Crippen LogP contribution < -0.4 is 26.6 Å². The predicted octanol–water partition coefficient (Wildman–Crippen LogP) is 4.32. The highest BCUT2D eigenvalue weighted by molar-refractivity contribution is 5.89. The molecular formula is C28H26N4O4. The van der Waals surface area contributed by atoms with Crippen molar-refractivity contribution in [2.24, 2.45) is 5.73 Å². The number of aromatic nitrogens is 1. The predicted molar refractivity (Wildman–Crippen MR) is 139 cm³/mol. The van der Waals surface area contributed by atoms with E-state index in [1.807, 2.05) is 58.0 Å². The highest BCUT2D eigenvalue weighted by atomic mass is 16.5. The molecule has 1 atom stereocenters. The fourth-order valence-corrected chi connectivity index (χ4v) is 4.96. The molecule has 0 amide bonds. The van der Waals surface area contributed by atoms with Gasteiger partial charge in [0.2, 0.25) is 5.88 Å². The molecule has 0 saturated carbocycles. The van der Waals surface area contributed by atoms with Crippen molar-refractivity contribution in [2.45, 2.75) is 33.6 Å². The molecule has 0 aliphatic carbocycles. The van der Waals surface area contributed by atoms with Gasteiger partial charge in [-0.15, -0.1) is 0 Å². The monoisotopic (exact) mass is 482 g/mol. The minimum Gasteiger partial charge on any atom is -0.439 e. The van der Waals surface area contributed by atoms with E-state index in [0.717, 1.165) is 35.3 Å². The summed E-state index contributed by atoms with van der Waals surface area (Å²) < 4.78 is 11.6. The highest BCUT2D eigenvalue weighted by Gasteiger charge is 2.37. The molecule has 5 rings (SSSR count). The van der Waals surface area contributed by atoms with Gasteiger partial charge in [0.15, 0.2) is 5.75 Å². The summed E-state index contributed by atoms with van der Waals surface area (Å²) in [6.45, 7) is 9.58. The molecule has 8 nitrogen and oxygen atoms in total. The number of hydrogen-bond donors (Lipinski definition) is 2. The van der Waals surface area contributed by atoms with E-state index in [0.29, 0.717) is 16.5 Å². The Hall–Kier alpha value is -4.51. The lowest BCUT2D eigenvalue weighted by Gasteiger charge is -2.26. The normalized spacial score (nSPS) is 15.0. The second kappa shape index (κ2) is 8.61. The number of ether oxygens (including phenoxy) is 1. The number of rotatable bonds is 4. The summed E-state index contributed by atoms with van der Waals surface area (Å²) in [5.41, 5.74) is 9.33. The smallest absolute Gasteiger partial charge is 0.344 e. The van der Waals surface area contributed by atoms with Gasteiger partial charge in [0.1, 0.15) is 17.2 Å². The largest absolute Gasteiger partial charge is 0.439 e. The fraction of sp³-hybridized carbons (Fsp3) is 0.250. The van der Waals surface area contributed by atoms with Crippen molar-refractivity contribution < 1.29 is 9.15 Å². The van der Waals surface area contributed by atoms with Crippen LogP contribution in [0.25, 0.3) is 21.9 Å². The maximum absolute atomic E-state index is 13.4. The van der Waals surface area contributed by atoms with Crippen molar-refractivity contribution in [2.75, 3.05) is 18.0 Å². The zero-order chi connectivity index (χ0) is 25.7. The second-order valence-corrected chi connectivity index (χ2v) is 8.94. The standard InChI is InChI=1S/C28H26N4O4/c1-5-32(6-2)17-9-10-18-21(12-17)35-28(34)23-22(20(13-29)26(30)36-25(18)23)19-11-16-8-7-14(3)15(4)24(16)31-27(19)33/h7-12,22H,5-6,30H2,1-4H3,(H,31,33)/t22-/m1/s1. The number of pyridine rings is 1. The number of fused-ring (bicyclic) bond motifs is 4. The second-order valence-electron chi connectivity index (χ2n) is 8.94. The zero-order valence-corrected chi connectivity index (χ0v) is 20.6. The maximum atomic E-state index is 13.4. The van der Waals surface area contributed by atoms with E-state index in [1.165, 1.54) is 0 Å². The van der Waals surface area contributed by atoms with Crippen LogP contribution in [0, 0.1) is 25.2 Å². The van der Waals surface area contributed by atoms with Gasteiger partial charge in [0.05, 0.1) is 22.4 Å². The average molecular weight is 483 g/mol. The first-order valence-corrected chi connectivity index (χ1v) is 11.8. The molecule has 36 heavy (non-hydrogen) atoms. The average Bonchev–Trinajstić information content (AvgIpc) is 2.86. The van der Waals surface area contributed by atoms with E-state index in [9.17, 15) is 14.9 Å². The lowest BCUT2D eigenvalue weighted by Crippen LogP contribution is -2.29. The third-order valence-corrected chi connectivity index (χ3v) is 7.07. The molecule has 2 aromatic heterocycles. The minimum absolute atomic E-state index is 0.0115. The van der Waals surface area contributed by atoms with Gasteiger partial charge < -0.3 is 24.8 Å². The Morgan fingerprint density at radius 3 is 2.56 bits per heavy atom. The highest BCUT2D eigenvalue weighted by Crippen LogP contribution is 2.43. The summed E-state index contributed by atoms with van der Waals surface area (Å²) in [6.07, 6.45) is 0. The summed E-state index contributed by atoms with van der Waals surface area (Å²) in [5.74, 6) is -0.973. The quantitative estimate of drug-likeness (QED) is 0.415. The fourth-order valence-electron chi connectivity index (χ4n) is 4.96. The molecule has 8 heteroatoms. The zero-order valence-electron chi connectivity index (χ0n) is 20.6. The molecule has 4 aromatic rings. The first-order valence-electron chi connectivity index (χ1n) is 11.8. The van der Waals surface area contributed by atoms with Crippen LogP contribution in [-0.2, 0) is 0 Å². The Balaban J connectivity index is 1.80. The Kier molecular flexibility index (Phi) is 5.56. The van der Waals surface area contributed by atoms with Gasteiger partial charge in [0, 0.05) is 30.4 Å². The number of aromatic amines is 1. The molecule has 0 saturated heterocycles. The van der Waals surface area contributed by atoms with E-state index < -0.39 is 17.1 Å². The number of allylic oxidation sites excluding steroid dienone is 1. The van der Waals surface area contributed by atoms with Gasteiger partial charge in [-0.3, -0.25) is 4.79 Å². The molecule has 0 unspecified atom stereocenters. The number of hydrogen-bond acceptors (Lipinski definition) is 7. The summed E-state index contributed by atoms with van der Waals surface area (Å²) in [5, 5.41) is 11.3. The van der Waals surface area contributed by atoms with Crippen molar-refractivity contribution in [3.63, 3.8) is 0 Å². The lowest BCUT2D eigenvalue weighted by atomic mass is 9.83. The summed E-state index contributed by atoms with van der Waals surface area (Å²) in [6, 6.07) is 13.1. The van der Waals surface area contributed by atoms with Gasteiger partial charge in [-0.2, -0.15) is 5.26 Å². The van der Waals surface area contributed by atoms with Crippen LogP contribution in [0.5, 0.6) is 5.75 Å². The van der Waals surface area contributed by atoms with E-state index in [-0.39, 0.29) is 28.3 Å². The van der Waals surface area contributed by atoms with Gasteiger partial charge in [0.25, 0.3) is 5.56 Å². The van der Waals surface area contributed by atoms with E-state index >= 15 is 0 Å². The van der Waals surface area contributed by atoms with Crippen LogP contribution in [0.4, 0.5) is 5.69 Å². The van der Waals surface area contributed by atoms with Crippen LogP contribution in [0.1, 0.15) is 42.0 Å². The Labute approximate surface area is 207 Å². The van der Waals surface area contributed by atoms with Crippen LogP contribution >= 0.6 is 0 Å². The van der Waals surface area contributed by atoms with Crippen molar-refractivity contribution in [3.05, 3.63) is 90.9 Å². The minimum atomic E-state index is -1.03. The Morgan fingerprint density at radius 1 is 1.11 bits per heavy atom. The maximum Gasteiger partial charge on any atom is 0.344 e. The molecule has 1 aliphatic heterocycles. The SMILES string of the molecule is CCN(CC)c1ccc2c3c(c(=O)oc2c1)[C@H](c1cc2ccc(C)c(C)c2[nH]c1=O)C(C#N)=C(N)O3. The number of benzene rings is 2. The molecule has 0 radical (unpaired) electrons. The number of H-pyrrole nitrogens is 1. The van der Waals surface area contributed by atoms with Crippen molar-refractivity contribution in [1.29, 1.82) is 5.26 Å². The number of anilines is 1. The van der Waals surface area contributed by atoms with E-state index in [1.54, 1.807) is 12.1 Å². The van der Waals surface area contributed by atoms with Crippen LogP contribution in [0.15, 0.2) is 61.9 Å². The molecule has 0 spiro atoms. The number of nitrogens with zero attached hydrogens (tertiary/aromatic N) is 2. The Morgan fingerprint density at radius 2 is 1.86 bits per heavy atom. The van der Waals surface area contributed by atoms with Crippen LogP contribution in [-0.4, -0.2) is 18.1 Å². The topological polar surface area (TPSA) is 125 Å². The number of aryl methyl sites for hydroxylation is 2. The number of nitrogens with two attached hydrogens (primary N) is 1. The number of nitriles is 1. The van der Waals surface area contributed by atoms with Crippen molar-refractivity contribution in [1.82, 2.24) is 4.98 Å². The van der Waals surface area contributed by atoms with Crippen molar-refractivity contribution in [3.8, 4) is 11.8 Å². The van der Waals surface area contributed by atoms with Gasteiger partial charge in [-0.25, -0.2) is 4.79 Å². The first-order chi connectivity index (χ1) is 17.3. The third-order valence-electron chi connectivity index (χ3n) is 7.07. The molecule has 182 valence electrons. The van der Waals surface area contributed by atoms with Gasteiger partial charge >= 0.3 is 5.63 Å². The molecular weight excluding hydrogens is 456 g/mol. The Bertz CT molecular complexity index is 1740. The van der Waals surface area contributed by atoms with E-state index in [2.05, 4.69) is 9.88 Å². The molecule has 1 aliphatic rings. The molecule has 0 bridgehead atoms. The van der Waals surface area contributed by atoms with Gasteiger partial charge in [-0.05, 0) is 62.4 Å². The van der Waals surface area contributed by atoms with Crippen LogP contribution in [0.3, 0.4) is 0 Å². The molecule has 3 N–H and O–H groups in total. The summed E-state index contributed by atoms with van der Waals surface area (Å²) in [7, 11) is 0.